The summed E-state index contributed by atoms with van der Waals surface area (Å²) in [6.45, 7) is 3.55. The van der Waals surface area contributed by atoms with Gasteiger partial charge in [-0.05, 0) is 26.0 Å². The zero-order valence-corrected chi connectivity index (χ0v) is 13.7. The summed E-state index contributed by atoms with van der Waals surface area (Å²) in [7, 11) is -4.36. The fourth-order valence-corrected chi connectivity index (χ4v) is 2.22. The first kappa shape index (κ1) is 18.8. The molecule has 0 fully saturated rings. The van der Waals surface area contributed by atoms with Gasteiger partial charge in [0, 0.05) is 0 Å². The predicted octanol–water partition coefficient (Wildman–Crippen LogP) is 2.21. The molecule has 2 aromatic rings. The quantitative estimate of drug-likeness (QED) is 0.745. The number of benzene rings is 2. The van der Waals surface area contributed by atoms with E-state index in [1.54, 1.807) is 0 Å². The zero-order chi connectivity index (χ0) is 17.5. The molecule has 1 unspecified atom stereocenters. The molecule has 2 rings (SSSR count). The molecule has 0 radical (unpaired) electrons. The Hall–Kier alpha value is -2.22. The van der Waals surface area contributed by atoms with Crippen molar-refractivity contribution in [2.45, 2.75) is 24.8 Å². The molecule has 0 aliphatic rings. The summed E-state index contributed by atoms with van der Waals surface area (Å²) in [6, 6.07) is 15.0. The molecule has 0 heterocycles. The van der Waals surface area contributed by atoms with Crippen LogP contribution in [0.15, 0.2) is 59.5 Å². The van der Waals surface area contributed by atoms with Crippen molar-refractivity contribution in [1.82, 2.24) is 0 Å². The monoisotopic (exact) mass is 336 g/mol. The Morgan fingerprint density at radius 2 is 1.61 bits per heavy atom. The third kappa shape index (κ3) is 6.60. The Morgan fingerprint density at radius 1 is 1.09 bits per heavy atom. The summed E-state index contributed by atoms with van der Waals surface area (Å²) in [5, 5.41) is 2.31. The molecule has 23 heavy (non-hydrogen) atoms. The number of carbonyl (C=O) groups is 1. The van der Waals surface area contributed by atoms with Crippen molar-refractivity contribution in [3.63, 3.8) is 0 Å². The number of hydrogen-bond donors (Lipinski definition) is 3. The van der Waals surface area contributed by atoms with Gasteiger partial charge in [0.05, 0.1) is 11.7 Å². The van der Waals surface area contributed by atoms with E-state index in [1.165, 1.54) is 36.8 Å². The Bertz CT molecular complexity index is 744. The van der Waals surface area contributed by atoms with E-state index in [1.807, 2.05) is 18.2 Å². The highest BCUT2D eigenvalue weighted by molar-refractivity contribution is 7.86. The lowest BCUT2D eigenvalue weighted by molar-refractivity contribution is -0.117. The van der Waals surface area contributed by atoms with Crippen molar-refractivity contribution in [1.29, 1.82) is 0 Å². The number of carbonyl (C=O) groups excluding carboxylic acids is 1. The molecular formula is C16H20N2O4S. The van der Waals surface area contributed by atoms with Crippen LogP contribution in [0, 0.1) is 6.92 Å². The van der Waals surface area contributed by atoms with Crippen molar-refractivity contribution in [2.24, 2.45) is 5.73 Å². The molecule has 0 saturated carbocycles. The molecular weight excluding hydrogens is 316 g/mol. The summed E-state index contributed by atoms with van der Waals surface area (Å²) >= 11 is 0. The van der Waals surface area contributed by atoms with E-state index in [0.717, 1.165) is 0 Å². The Kier molecular flexibility index (Phi) is 6.89. The fraction of sp³-hybridized carbons (Fsp3) is 0.188. The number of para-hydroxylation sites is 1. The molecule has 2 aromatic carbocycles. The second kappa shape index (κ2) is 8.42. The van der Waals surface area contributed by atoms with E-state index in [2.05, 4.69) is 24.4 Å². The van der Waals surface area contributed by atoms with Gasteiger partial charge in [-0.1, -0.05) is 48.0 Å². The van der Waals surface area contributed by atoms with Crippen LogP contribution in [0.4, 0.5) is 5.69 Å². The second-order valence-electron chi connectivity index (χ2n) is 4.90. The Labute approximate surface area is 136 Å². The van der Waals surface area contributed by atoms with E-state index < -0.39 is 22.1 Å². The molecule has 0 spiro atoms. The maximum Gasteiger partial charge on any atom is 0.296 e. The number of hydrogen-bond acceptors (Lipinski definition) is 4. The number of nitrogens with one attached hydrogen (secondary N) is 1. The maximum absolute atomic E-state index is 11.3. The minimum absolute atomic E-state index is 0.00676. The van der Waals surface area contributed by atoms with Crippen molar-refractivity contribution >= 4 is 21.7 Å². The first-order chi connectivity index (χ1) is 10.7. The van der Waals surface area contributed by atoms with Crippen LogP contribution in [-0.2, 0) is 14.9 Å². The molecule has 1 amide bonds. The van der Waals surface area contributed by atoms with Gasteiger partial charge in [0.15, 0.2) is 0 Å². The van der Waals surface area contributed by atoms with Gasteiger partial charge in [-0.15, -0.1) is 0 Å². The van der Waals surface area contributed by atoms with Crippen LogP contribution in [0.25, 0.3) is 0 Å². The highest BCUT2D eigenvalue weighted by Gasteiger charge is 2.17. The van der Waals surface area contributed by atoms with Gasteiger partial charge in [0.2, 0.25) is 5.91 Å². The molecule has 0 bridgehead atoms. The highest BCUT2D eigenvalue weighted by atomic mass is 32.2. The first-order valence-electron chi connectivity index (χ1n) is 6.86. The van der Waals surface area contributed by atoms with Crippen molar-refractivity contribution in [3.05, 3.63) is 60.2 Å². The molecule has 0 saturated heterocycles. The van der Waals surface area contributed by atoms with E-state index in [-0.39, 0.29) is 10.6 Å². The fourth-order valence-electron chi connectivity index (χ4n) is 1.58. The lowest BCUT2D eigenvalue weighted by atomic mass is 10.2. The smallest absolute Gasteiger partial charge is 0.296 e. The summed E-state index contributed by atoms with van der Waals surface area (Å²) in [5.41, 5.74) is 6.65. The Morgan fingerprint density at radius 3 is 2.04 bits per heavy atom. The molecule has 0 aliphatic heterocycles. The van der Waals surface area contributed by atoms with Gasteiger partial charge in [-0.3, -0.25) is 9.35 Å². The van der Waals surface area contributed by atoms with Gasteiger partial charge in [-0.25, -0.2) is 0 Å². The van der Waals surface area contributed by atoms with E-state index in [0.29, 0.717) is 0 Å². The zero-order valence-electron chi connectivity index (χ0n) is 12.9. The summed E-state index contributed by atoms with van der Waals surface area (Å²) in [4.78, 5) is 10.9. The largest absolute Gasteiger partial charge is 0.323 e. The van der Waals surface area contributed by atoms with Crippen LogP contribution in [0.5, 0.6) is 0 Å². The minimum atomic E-state index is -4.36. The Balaban J connectivity index is 0.000000313. The molecule has 124 valence electrons. The normalized spacial score (nSPS) is 11.8. The van der Waals surface area contributed by atoms with Crippen LogP contribution in [0.3, 0.4) is 0 Å². The van der Waals surface area contributed by atoms with Crippen LogP contribution in [-0.4, -0.2) is 24.9 Å². The first-order valence-corrected chi connectivity index (χ1v) is 8.30. The van der Waals surface area contributed by atoms with E-state index in [4.69, 9.17) is 10.3 Å². The molecule has 0 aromatic heterocycles. The van der Waals surface area contributed by atoms with Gasteiger partial charge in [0.1, 0.15) is 4.90 Å². The van der Waals surface area contributed by atoms with E-state index >= 15 is 0 Å². The van der Waals surface area contributed by atoms with Crippen LogP contribution in [0.1, 0.15) is 12.5 Å². The topological polar surface area (TPSA) is 109 Å². The van der Waals surface area contributed by atoms with Crippen LogP contribution in [0.2, 0.25) is 0 Å². The number of aryl methyl sites for hydroxylation is 1. The summed E-state index contributed by atoms with van der Waals surface area (Å²) in [5.74, 6) is -0.531. The average Bonchev–Trinajstić information content (AvgIpc) is 2.48. The highest BCUT2D eigenvalue weighted by Crippen LogP contribution is 2.20. The molecule has 4 N–H and O–H groups in total. The van der Waals surface area contributed by atoms with Gasteiger partial charge >= 0.3 is 0 Å². The average molecular weight is 336 g/mol. The van der Waals surface area contributed by atoms with Crippen molar-refractivity contribution in [2.75, 3.05) is 5.32 Å². The second-order valence-corrected chi connectivity index (χ2v) is 6.29. The molecule has 1 atom stereocenters. The lowest BCUT2D eigenvalue weighted by Crippen LogP contribution is -2.32. The van der Waals surface area contributed by atoms with Gasteiger partial charge in [-0.2, -0.15) is 8.42 Å². The SMILES string of the molecule is CC(N)C(=O)Nc1ccccc1S(=O)(=O)O.Cc1ccccc1. The molecule has 6 nitrogen and oxygen atoms in total. The van der Waals surface area contributed by atoms with Gasteiger partial charge < -0.3 is 11.1 Å². The maximum atomic E-state index is 11.3. The molecule has 7 heteroatoms. The van der Waals surface area contributed by atoms with Crippen molar-refractivity contribution < 1.29 is 17.8 Å². The summed E-state index contributed by atoms with van der Waals surface area (Å²) in [6.07, 6.45) is 0. The van der Waals surface area contributed by atoms with E-state index in [9.17, 15) is 13.2 Å². The number of amides is 1. The van der Waals surface area contributed by atoms with Gasteiger partial charge in [0.25, 0.3) is 10.1 Å². The third-order valence-electron chi connectivity index (χ3n) is 2.78. The van der Waals surface area contributed by atoms with Crippen molar-refractivity contribution in [3.8, 4) is 0 Å². The number of anilines is 1. The van der Waals surface area contributed by atoms with Crippen LogP contribution < -0.4 is 11.1 Å². The third-order valence-corrected chi connectivity index (χ3v) is 3.69. The number of nitrogens with two attached hydrogens (primary N) is 1. The summed E-state index contributed by atoms with van der Waals surface area (Å²) < 4.78 is 30.9. The predicted molar refractivity (Wildman–Crippen MR) is 89.7 cm³/mol. The number of rotatable bonds is 3. The van der Waals surface area contributed by atoms with Crippen LogP contribution >= 0.6 is 0 Å². The standard InChI is InChI=1S/C9H12N2O4S.C7H8/c1-6(10)9(12)11-7-4-2-3-5-8(7)16(13,14)15;1-7-5-3-2-4-6-7/h2-6H,10H2,1H3,(H,11,12)(H,13,14,15);2-6H,1H3. The molecule has 0 aliphatic carbocycles. The lowest BCUT2D eigenvalue weighted by Gasteiger charge is -2.10. The minimum Gasteiger partial charge on any atom is -0.323 e.